The van der Waals surface area contributed by atoms with E-state index >= 15 is 0 Å². The quantitative estimate of drug-likeness (QED) is 0.750. The van der Waals surface area contributed by atoms with Crippen molar-refractivity contribution in [3.63, 3.8) is 0 Å². The van der Waals surface area contributed by atoms with E-state index in [-0.39, 0.29) is 11.8 Å². The highest BCUT2D eigenvalue weighted by atomic mass is 16.8. The first kappa shape index (κ1) is 21.0. The number of benzene rings is 1. The molecule has 0 saturated carbocycles. The van der Waals surface area contributed by atoms with E-state index in [0.29, 0.717) is 30.1 Å². The van der Waals surface area contributed by atoms with Crippen LogP contribution in [0.1, 0.15) is 41.9 Å². The Morgan fingerprint density at radius 1 is 1.28 bits per heavy atom. The van der Waals surface area contributed by atoms with Crippen molar-refractivity contribution >= 4 is 11.8 Å². The SMILES string of the molecule is COc1c(C)c(C2CC(=CC(C)=Cc3ccc([NH+]([O-])O)cc3)CO2)oc(=O)c1C. The standard InChI is InChI=1S/C22H25NO6/c1-13(9-16-5-7-18(8-6-16)23(25)26)10-17-11-19(28-12-17)21-14(2)20(27-4)15(3)22(24)29-21/h5-10,19,23,25H,11-12H2,1-4H3. The van der Waals surface area contributed by atoms with Crippen LogP contribution in [0.25, 0.3) is 6.08 Å². The predicted octanol–water partition coefficient (Wildman–Crippen LogP) is 3.16. The molecule has 1 aliphatic rings. The molecule has 1 aromatic carbocycles. The number of ether oxygens (including phenoxy) is 2. The highest BCUT2D eigenvalue weighted by molar-refractivity contribution is 5.57. The van der Waals surface area contributed by atoms with E-state index in [0.717, 1.165) is 22.3 Å². The molecule has 3 rings (SSSR count). The van der Waals surface area contributed by atoms with Gasteiger partial charge in [-0.05, 0) is 44.0 Å². The molecule has 0 aliphatic carbocycles. The molecule has 29 heavy (non-hydrogen) atoms. The first-order valence-corrected chi connectivity index (χ1v) is 9.31. The van der Waals surface area contributed by atoms with Gasteiger partial charge in [-0.3, -0.25) is 0 Å². The molecule has 2 aromatic rings. The maximum absolute atomic E-state index is 12.1. The molecule has 7 heteroatoms. The Morgan fingerprint density at radius 3 is 2.59 bits per heavy atom. The van der Waals surface area contributed by atoms with Gasteiger partial charge in [0.25, 0.3) is 0 Å². The summed E-state index contributed by atoms with van der Waals surface area (Å²) in [6.07, 6.45) is 4.32. The number of methoxy groups -OCH3 is 1. The molecule has 0 amide bonds. The Bertz CT molecular complexity index is 1000. The van der Waals surface area contributed by atoms with E-state index in [4.69, 9.17) is 19.1 Å². The zero-order valence-corrected chi connectivity index (χ0v) is 16.9. The molecule has 154 valence electrons. The highest BCUT2D eigenvalue weighted by Crippen LogP contribution is 2.37. The zero-order valence-electron chi connectivity index (χ0n) is 16.9. The lowest BCUT2D eigenvalue weighted by molar-refractivity contribution is -0.991. The van der Waals surface area contributed by atoms with Crippen molar-refractivity contribution in [2.45, 2.75) is 33.3 Å². The fraction of sp³-hybridized carbons (Fsp3) is 0.318. The highest BCUT2D eigenvalue weighted by Gasteiger charge is 2.28. The van der Waals surface area contributed by atoms with E-state index in [1.165, 1.54) is 7.11 Å². The maximum atomic E-state index is 12.1. The van der Waals surface area contributed by atoms with Crippen LogP contribution in [-0.4, -0.2) is 18.9 Å². The Kier molecular flexibility index (Phi) is 6.34. The third-order valence-corrected chi connectivity index (χ3v) is 4.96. The summed E-state index contributed by atoms with van der Waals surface area (Å²) < 4.78 is 16.7. The van der Waals surface area contributed by atoms with Crippen molar-refractivity contribution in [1.29, 1.82) is 0 Å². The molecule has 2 atom stereocenters. The van der Waals surface area contributed by atoms with Crippen LogP contribution in [0, 0.1) is 19.1 Å². The molecule has 1 aromatic heterocycles. The minimum absolute atomic E-state index is 0.260. The third kappa shape index (κ3) is 4.65. The lowest BCUT2D eigenvalue weighted by Gasteiger charge is -2.14. The number of rotatable bonds is 5. The van der Waals surface area contributed by atoms with Gasteiger partial charge in [-0.2, -0.15) is 5.23 Å². The maximum Gasteiger partial charge on any atom is 0.342 e. The Labute approximate surface area is 169 Å². The van der Waals surface area contributed by atoms with Crippen LogP contribution in [0.3, 0.4) is 0 Å². The summed E-state index contributed by atoms with van der Waals surface area (Å²) in [5, 5.41) is 19.0. The molecule has 1 aliphatic heterocycles. The van der Waals surface area contributed by atoms with Crippen LogP contribution in [0.4, 0.5) is 5.69 Å². The molecular formula is C22H25NO6. The minimum atomic E-state index is -0.941. The van der Waals surface area contributed by atoms with Gasteiger partial charge in [0.1, 0.15) is 17.6 Å². The monoisotopic (exact) mass is 399 g/mol. The van der Waals surface area contributed by atoms with Gasteiger partial charge in [0, 0.05) is 24.1 Å². The van der Waals surface area contributed by atoms with Crippen LogP contribution in [0.2, 0.25) is 0 Å². The second kappa shape index (κ2) is 8.75. The molecule has 2 heterocycles. The average molecular weight is 399 g/mol. The summed E-state index contributed by atoms with van der Waals surface area (Å²) >= 11 is 0. The summed E-state index contributed by atoms with van der Waals surface area (Å²) in [6.45, 7) is 5.97. The molecule has 0 radical (unpaired) electrons. The van der Waals surface area contributed by atoms with E-state index < -0.39 is 10.9 Å². The van der Waals surface area contributed by atoms with E-state index in [2.05, 4.69) is 0 Å². The third-order valence-electron chi connectivity index (χ3n) is 4.96. The minimum Gasteiger partial charge on any atom is -0.595 e. The largest absolute Gasteiger partial charge is 0.595 e. The Morgan fingerprint density at radius 2 is 1.97 bits per heavy atom. The van der Waals surface area contributed by atoms with Crippen molar-refractivity contribution in [2.75, 3.05) is 13.7 Å². The molecule has 1 saturated heterocycles. The molecule has 0 spiro atoms. The second-order valence-corrected chi connectivity index (χ2v) is 7.16. The lowest BCUT2D eigenvalue weighted by Crippen LogP contribution is -2.99. The van der Waals surface area contributed by atoms with Gasteiger partial charge in [0.15, 0.2) is 5.69 Å². The smallest absolute Gasteiger partial charge is 0.342 e. The number of hydrogen-bond donors (Lipinski definition) is 2. The summed E-state index contributed by atoms with van der Waals surface area (Å²) in [5.74, 6) is 1.05. The number of quaternary nitrogens is 1. The van der Waals surface area contributed by atoms with Crippen molar-refractivity contribution in [3.05, 3.63) is 79.6 Å². The Hall–Kier alpha value is -2.71. The van der Waals surface area contributed by atoms with Crippen LogP contribution in [-0.2, 0) is 4.74 Å². The molecular weight excluding hydrogens is 374 g/mol. The molecule has 2 unspecified atom stereocenters. The van der Waals surface area contributed by atoms with Crippen LogP contribution < -0.4 is 15.6 Å². The van der Waals surface area contributed by atoms with Crippen molar-refractivity contribution in [3.8, 4) is 5.75 Å². The number of allylic oxidation sites excluding steroid dienone is 2. The molecule has 7 nitrogen and oxygen atoms in total. The van der Waals surface area contributed by atoms with E-state index in [1.54, 1.807) is 31.2 Å². The Balaban J connectivity index is 1.77. The van der Waals surface area contributed by atoms with Crippen LogP contribution in [0.15, 0.2) is 50.7 Å². The topological polar surface area (TPSA) is 96.4 Å². The van der Waals surface area contributed by atoms with E-state index in [1.807, 2.05) is 26.0 Å². The first-order valence-electron chi connectivity index (χ1n) is 9.31. The predicted molar refractivity (Wildman–Crippen MR) is 108 cm³/mol. The van der Waals surface area contributed by atoms with Gasteiger partial charge in [0.2, 0.25) is 0 Å². The number of hydrogen-bond acceptors (Lipinski definition) is 6. The summed E-state index contributed by atoms with van der Waals surface area (Å²) in [4.78, 5) is 12.1. The molecule has 2 N–H and O–H groups in total. The number of nitrogens with one attached hydrogen (secondary N) is 1. The molecule has 0 bridgehead atoms. The average Bonchev–Trinajstić information content (AvgIpc) is 3.13. The zero-order chi connectivity index (χ0) is 21.1. The van der Waals surface area contributed by atoms with Crippen molar-refractivity contribution in [1.82, 2.24) is 0 Å². The fourth-order valence-corrected chi connectivity index (χ4v) is 3.53. The molecule has 1 fully saturated rings. The van der Waals surface area contributed by atoms with Crippen LogP contribution >= 0.6 is 0 Å². The van der Waals surface area contributed by atoms with Gasteiger partial charge < -0.3 is 19.1 Å². The van der Waals surface area contributed by atoms with Gasteiger partial charge >= 0.3 is 5.63 Å². The second-order valence-electron chi connectivity index (χ2n) is 7.16. The van der Waals surface area contributed by atoms with Gasteiger partial charge in [-0.1, -0.05) is 17.7 Å². The van der Waals surface area contributed by atoms with Gasteiger partial charge in [-0.15, -0.1) is 0 Å². The van der Waals surface area contributed by atoms with Gasteiger partial charge in [-0.25, -0.2) is 10.0 Å². The normalized spacial score (nSPS) is 19.6. The van der Waals surface area contributed by atoms with E-state index in [9.17, 15) is 10.0 Å². The van der Waals surface area contributed by atoms with Crippen molar-refractivity contribution < 1.29 is 24.3 Å². The summed E-state index contributed by atoms with van der Waals surface area (Å²) in [7, 11) is 1.54. The van der Waals surface area contributed by atoms with Crippen molar-refractivity contribution in [2.24, 2.45) is 0 Å². The summed E-state index contributed by atoms with van der Waals surface area (Å²) in [6, 6.07) is 6.71. The van der Waals surface area contributed by atoms with Crippen LogP contribution in [0.5, 0.6) is 5.75 Å². The fourth-order valence-electron chi connectivity index (χ4n) is 3.53. The van der Waals surface area contributed by atoms with Gasteiger partial charge in [0.05, 0.1) is 19.3 Å². The summed E-state index contributed by atoms with van der Waals surface area (Å²) in [5.41, 5.74) is 4.11. The lowest BCUT2D eigenvalue weighted by atomic mass is 10.0. The first-order chi connectivity index (χ1) is 13.8.